The fourth-order valence-electron chi connectivity index (χ4n) is 3.54. The summed E-state index contributed by atoms with van der Waals surface area (Å²) in [7, 11) is 0. The van der Waals surface area contributed by atoms with Crippen LogP contribution in [0.1, 0.15) is 53.0 Å². The van der Waals surface area contributed by atoms with Crippen LogP contribution in [0.15, 0.2) is 30.3 Å². The molecule has 2 atom stereocenters. The highest BCUT2D eigenvalue weighted by Crippen LogP contribution is 2.41. The SMILES string of the molecule is CC1CC(C)(C)CC1NCC(C)(C)c1ccccc1. The van der Waals surface area contributed by atoms with Gasteiger partial charge in [0.25, 0.3) is 0 Å². The smallest absolute Gasteiger partial charge is 0.00983 e. The first-order chi connectivity index (χ1) is 8.80. The largest absolute Gasteiger partial charge is 0.313 e. The molecule has 106 valence electrons. The highest BCUT2D eigenvalue weighted by Gasteiger charge is 2.37. The average molecular weight is 259 g/mol. The van der Waals surface area contributed by atoms with Crippen LogP contribution in [0, 0.1) is 11.3 Å². The van der Waals surface area contributed by atoms with Gasteiger partial charge >= 0.3 is 0 Å². The summed E-state index contributed by atoms with van der Waals surface area (Å²) in [5.74, 6) is 0.793. The van der Waals surface area contributed by atoms with E-state index < -0.39 is 0 Å². The minimum Gasteiger partial charge on any atom is -0.313 e. The van der Waals surface area contributed by atoms with Crippen LogP contribution >= 0.6 is 0 Å². The molecule has 0 spiro atoms. The molecule has 0 aliphatic heterocycles. The molecule has 1 aliphatic rings. The minimum absolute atomic E-state index is 0.202. The first kappa shape index (κ1) is 14.6. The zero-order chi connectivity index (χ0) is 14.1. The van der Waals surface area contributed by atoms with Crippen molar-refractivity contribution in [3.8, 4) is 0 Å². The quantitative estimate of drug-likeness (QED) is 0.846. The van der Waals surface area contributed by atoms with E-state index in [4.69, 9.17) is 0 Å². The standard InChI is InChI=1S/C18H29N/c1-14-11-17(2,3)12-16(14)19-13-18(4,5)15-9-7-6-8-10-15/h6-10,14,16,19H,11-13H2,1-5H3. The zero-order valence-corrected chi connectivity index (χ0v) is 13.2. The minimum atomic E-state index is 0.202. The first-order valence-electron chi connectivity index (χ1n) is 7.59. The van der Waals surface area contributed by atoms with Crippen molar-refractivity contribution in [3.05, 3.63) is 35.9 Å². The second kappa shape index (κ2) is 5.28. The second-order valence-corrected chi connectivity index (χ2v) is 7.79. The van der Waals surface area contributed by atoms with Crippen molar-refractivity contribution in [3.63, 3.8) is 0 Å². The van der Waals surface area contributed by atoms with Crippen molar-refractivity contribution in [2.24, 2.45) is 11.3 Å². The van der Waals surface area contributed by atoms with E-state index in [1.807, 2.05) is 0 Å². The molecular formula is C18H29N. The van der Waals surface area contributed by atoms with E-state index in [0.29, 0.717) is 11.5 Å². The van der Waals surface area contributed by atoms with Gasteiger partial charge in [-0.25, -0.2) is 0 Å². The van der Waals surface area contributed by atoms with Gasteiger partial charge in [0.15, 0.2) is 0 Å². The van der Waals surface area contributed by atoms with Gasteiger partial charge in [-0.3, -0.25) is 0 Å². The van der Waals surface area contributed by atoms with Crippen LogP contribution in [0.5, 0.6) is 0 Å². The van der Waals surface area contributed by atoms with Gasteiger partial charge in [-0.05, 0) is 29.7 Å². The number of hydrogen-bond acceptors (Lipinski definition) is 1. The van der Waals surface area contributed by atoms with E-state index in [0.717, 1.165) is 12.5 Å². The summed E-state index contributed by atoms with van der Waals surface area (Å²) in [6.07, 6.45) is 2.65. The molecule has 1 N–H and O–H groups in total. The van der Waals surface area contributed by atoms with Gasteiger partial charge in [0.05, 0.1) is 0 Å². The monoisotopic (exact) mass is 259 g/mol. The normalized spacial score (nSPS) is 26.6. The van der Waals surface area contributed by atoms with Gasteiger partial charge < -0.3 is 5.32 Å². The van der Waals surface area contributed by atoms with Crippen LogP contribution in [0.2, 0.25) is 0 Å². The molecular weight excluding hydrogens is 230 g/mol. The molecule has 19 heavy (non-hydrogen) atoms. The summed E-state index contributed by atoms with van der Waals surface area (Å²) >= 11 is 0. The lowest BCUT2D eigenvalue weighted by Gasteiger charge is -2.29. The van der Waals surface area contributed by atoms with Crippen molar-refractivity contribution in [1.29, 1.82) is 0 Å². The third kappa shape index (κ3) is 3.60. The molecule has 1 aliphatic carbocycles. The van der Waals surface area contributed by atoms with Gasteiger partial charge in [-0.1, -0.05) is 65.0 Å². The molecule has 0 amide bonds. The molecule has 1 nitrogen and oxygen atoms in total. The Morgan fingerprint density at radius 3 is 2.32 bits per heavy atom. The van der Waals surface area contributed by atoms with Gasteiger partial charge in [-0.2, -0.15) is 0 Å². The molecule has 1 aromatic carbocycles. The third-order valence-corrected chi connectivity index (χ3v) is 4.70. The molecule has 2 rings (SSSR count). The van der Waals surface area contributed by atoms with E-state index in [2.05, 4.69) is 70.3 Å². The van der Waals surface area contributed by atoms with Crippen LogP contribution in [0.3, 0.4) is 0 Å². The maximum atomic E-state index is 3.83. The van der Waals surface area contributed by atoms with E-state index >= 15 is 0 Å². The topological polar surface area (TPSA) is 12.0 Å². The third-order valence-electron chi connectivity index (χ3n) is 4.70. The molecule has 1 aromatic rings. The van der Waals surface area contributed by atoms with Gasteiger partial charge in [0.2, 0.25) is 0 Å². The van der Waals surface area contributed by atoms with Crippen LogP contribution in [-0.2, 0) is 5.41 Å². The molecule has 0 radical (unpaired) electrons. The number of nitrogens with one attached hydrogen (secondary N) is 1. The highest BCUT2D eigenvalue weighted by molar-refractivity contribution is 5.24. The average Bonchev–Trinajstić information content (AvgIpc) is 2.61. The molecule has 1 fully saturated rings. The van der Waals surface area contributed by atoms with E-state index in [1.165, 1.54) is 18.4 Å². The van der Waals surface area contributed by atoms with Crippen LogP contribution < -0.4 is 5.32 Å². The Hall–Kier alpha value is -0.820. The number of hydrogen-bond donors (Lipinski definition) is 1. The van der Waals surface area contributed by atoms with Gasteiger partial charge in [0, 0.05) is 18.0 Å². The molecule has 1 saturated carbocycles. The van der Waals surface area contributed by atoms with E-state index in [-0.39, 0.29) is 5.41 Å². The fourth-order valence-corrected chi connectivity index (χ4v) is 3.54. The Kier molecular flexibility index (Phi) is 4.06. The van der Waals surface area contributed by atoms with Crippen molar-refractivity contribution < 1.29 is 0 Å². The number of benzene rings is 1. The Balaban J connectivity index is 1.95. The first-order valence-corrected chi connectivity index (χ1v) is 7.59. The fraction of sp³-hybridized carbons (Fsp3) is 0.667. The van der Waals surface area contributed by atoms with E-state index in [1.54, 1.807) is 0 Å². The van der Waals surface area contributed by atoms with Crippen molar-refractivity contribution in [2.45, 2.75) is 58.9 Å². The lowest BCUT2D eigenvalue weighted by molar-refractivity contribution is 0.352. The second-order valence-electron chi connectivity index (χ2n) is 7.79. The maximum Gasteiger partial charge on any atom is 0.00983 e. The van der Waals surface area contributed by atoms with Crippen LogP contribution in [-0.4, -0.2) is 12.6 Å². The molecule has 0 aromatic heterocycles. The van der Waals surface area contributed by atoms with Crippen molar-refractivity contribution in [1.82, 2.24) is 5.32 Å². The Morgan fingerprint density at radius 2 is 1.79 bits per heavy atom. The van der Waals surface area contributed by atoms with Gasteiger partial charge in [-0.15, -0.1) is 0 Å². The molecule has 2 unspecified atom stereocenters. The Labute approximate surface area is 118 Å². The van der Waals surface area contributed by atoms with Crippen LogP contribution in [0.25, 0.3) is 0 Å². The predicted octanol–water partition coefficient (Wildman–Crippen LogP) is 4.38. The lowest BCUT2D eigenvalue weighted by atomic mass is 9.84. The summed E-state index contributed by atoms with van der Waals surface area (Å²) in [6, 6.07) is 11.5. The van der Waals surface area contributed by atoms with Crippen molar-refractivity contribution >= 4 is 0 Å². The van der Waals surface area contributed by atoms with E-state index in [9.17, 15) is 0 Å². The summed E-state index contributed by atoms with van der Waals surface area (Å²) in [4.78, 5) is 0. The number of rotatable bonds is 4. The zero-order valence-electron chi connectivity index (χ0n) is 13.2. The maximum absolute atomic E-state index is 3.83. The molecule has 0 heterocycles. The molecule has 0 saturated heterocycles. The van der Waals surface area contributed by atoms with Crippen molar-refractivity contribution in [2.75, 3.05) is 6.54 Å². The molecule has 1 heteroatoms. The Bertz CT molecular complexity index is 405. The summed E-state index contributed by atoms with van der Waals surface area (Å²) in [5, 5.41) is 3.83. The summed E-state index contributed by atoms with van der Waals surface area (Å²) < 4.78 is 0. The predicted molar refractivity (Wildman–Crippen MR) is 83.4 cm³/mol. The van der Waals surface area contributed by atoms with Crippen LogP contribution in [0.4, 0.5) is 0 Å². The summed E-state index contributed by atoms with van der Waals surface area (Å²) in [6.45, 7) is 12.9. The Morgan fingerprint density at radius 1 is 1.16 bits per heavy atom. The molecule has 0 bridgehead atoms. The highest BCUT2D eigenvalue weighted by atomic mass is 14.9. The summed E-state index contributed by atoms with van der Waals surface area (Å²) in [5.41, 5.74) is 2.13. The lowest BCUT2D eigenvalue weighted by Crippen LogP contribution is -2.40. The van der Waals surface area contributed by atoms with Gasteiger partial charge in [0.1, 0.15) is 0 Å².